The van der Waals surface area contributed by atoms with E-state index in [1.165, 1.54) is 23.1 Å². The number of para-hydroxylation sites is 1. The van der Waals surface area contributed by atoms with Gasteiger partial charge in [0.2, 0.25) is 0 Å². The lowest BCUT2D eigenvalue weighted by Gasteiger charge is -2.21. The number of hydrogen-bond acceptors (Lipinski definition) is 5. The number of ether oxygens (including phenoxy) is 1. The lowest BCUT2D eigenvalue weighted by molar-refractivity contribution is -0.151. The first-order valence-corrected chi connectivity index (χ1v) is 9.03. The Morgan fingerprint density at radius 2 is 1.86 bits per heavy atom. The van der Waals surface area contributed by atoms with E-state index in [4.69, 9.17) is 4.74 Å². The number of amides is 2. The lowest BCUT2D eigenvalue weighted by atomic mass is 10.1. The highest BCUT2D eigenvalue weighted by Crippen LogP contribution is 2.28. The van der Waals surface area contributed by atoms with E-state index in [-0.39, 0.29) is 12.1 Å². The smallest absolute Gasteiger partial charge is 0.326 e. The zero-order valence-electron chi connectivity index (χ0n) is 15.8. The summed E-state index contributed by atoms with van der Waals surface area (Å²) >= 11 is 0. The normalized spacial score (nSPS) is 12.7. The van der Waals surface area contributed by atoms with Crippen LogP contribution < -0.4 is 4.90 Å². The number of rotatable bonds is 7. The fraction of sp³-hybridized carbons (Fsp3) is 0.238. The van der Waals surface area contributed by atoms with Crippen molar-refractivity contribution < 1.29 is 28.3 Å². The molecule has 3 rings (SSSR count). The van der Waals surface area contributed by atoms with E-state index >= 15 is 0 Å². The van der Waals surface area contributed by atoms with Gasteiger partial charge in [0.05, 0.1) is 11.3 Å². The van der Waals surface area contributed by atoms with Crippen molar-refractivity contribution in [3.8, 4) is 0 Å². The monoisotopic (exact) mass is 398 g/mol. The van der Waals surface area contributed by atoms with Crippen molar-refractivity contribution in [1.29, 1.82) is 0 Å². The van der Waals surface area contributed by atoms with Gasteiger partial charge in [-0.05, 0) is 36.8 Å². The minimum Gasteiger partial charge on any atom is -0.454 e. The van der Waals surface area contributed by atoms with Crippen molar-refractivity contribution in [3.63, 3.8) is 0 Å². The third kappa shape index (κ3) is 4.48. The largest absolute Gasteiger partial charge is 0.454 e. The number of Topliss-reactive ketones (excluding diaryl/α,β-unsaturated/α-hetero) is 1. The number of anilines is 1. The molecule has 0 aliphatic carbocycles. The molecule has 0 fully saturated rings. The molecule has 0 unspecified atom stereocenters. The maximum Gasteiger partial charge on any atom is 0.326 e. The molecule has 2 aromatic carbocycles. The van der Waals surface area contributed by atoms with E-state index in [0.717, 1.165) is 4.90 Å². The van der Waals surface area contributed by atoms with Crippen LogP contribution in [0.4, 0.5) is 10.1 Å². The first-order valence-electron chi connectivity index (χ1n) is 9.03. The SMILES string of the molecule is CCN(Cc1cccc(F)c1)C(=O)COC(=O)CN1C(=O)C(=O)c2ccccc21. The van der Waals surface area contributed by atoms with Crippen LogP contribution in [0.15, 0.2) is 48.5 Å². The Hall–Kier alpha value is -3.55. The van der Waals surface area contributed by atoms with Gasteiger partial charge in [0.1, 0.15) is 12.4 Å². The minimum absolute atomic E-state index is 0.178. The summed E-state index contributed by atoms with van der Waals surface area (Å²) in [5.41, 5.74) is 1.19. The van der Waals surface area contributed by atoms with Crippen molar-refractivity contribution in [1.82, 2.24) is 4.90 Å². The van der Waals surface area contributed by atoms with Crippen LogP contribution >= 0.6 is 0 Å². The van der Waals surface area contributed by atoms with Gasteiger partial charge in [-0.15, -0.1) is 0 Å². The van der Waals surface area contributed by atoms with Crippen LogP contribution in [0.2, 0.25) is 0 Å². The first-order chi connectivity index (χ1) is 13.9. The Morgan fingerprint density at radius 3 is 2.59 bits per heavy atom. The van der Waals surface area contributed by atoms with Crippen molar-refractivity contribution >= 4 is 29.3 Å². The third-order valence-corrected chi connectivity index (χ3v) is 4.52. The first kappa shape index (κ1) is 20.2. The molecule has 0 spiro atoms. The van der Waals surface area contributed by atoms with Crippen molar-refractivity contribution in [2.24, 2.45) is 0 Å². The van der Waals surface area contributed by atoms with Crippen LogP contribution in [0.3, 0.4) is 0 Å². The van der Waals surface area contributed by atoms with Crippen LogP contribution in [-0.2, 0) is 25.7 Å². The summed E-state index contributed by atoms with van der Waals surface area (Å²) in [6.45, 7) is 1.30. The molecule has 2 aromatic rings. The van der Waals surface area contributed by atoms with Crippen molar-refractivity contribution in [3.05, 3.63) is 65.5 Å². The second-order valence-electron chi connectivity index (χ2n) is 6.44. The lowest BCUT2D eigenvalue weighted by Crippen LogP contribution is -2.38. The predicted molar refractivity (Wildman–Crippen MR) is 102 cm³/mol. The number of halogens is 1. The predicted octanol–water partition coefficient (Wildman–Crippen LogP) is 1.95. The molecule has 0 saturated heterocycles. The number of benzene rings is 2. The Bertz CT molecular complexity index is 975. The number of carbonyl (C=O) groups is 4. The standard InChI is InChI=1S/C21H19FN2O5/c1-2-23(11-14-6-5-7-15(22)10-14)18(25)13-29-19(26)12-24-17-9-4-3-8-16(17)20(27)21(24)28/h3-10H,2,11-13H2,1H3. The van der Waals surface area contributed by atoms with Gasteiger partial charge in [0.25, 0.3) is 17.6 Å². The highest BCUT2D eigenvalue weighted by molar-refractivity contribution is 6.52. The van der Waals surface area contributed by atoms with Gasteiger partial charge >= 0.3 is 5.97 Å². The zero-order chi connectivity index (χ0) is 21.0. The van der Waals surface area contributed by atoms with Gasteiger partial charge in [0, 0.05) is 13.1 Å². The fourth-order valence-electron chi connectivity index (χ4n) is 3.05. The molecule has 1 heterocycles. The average molecular weight is 398 g/mol. The molecule has 0 saturated carbocycles. The molecule has 8 heteroatoms. The number of nitrogens with zero attached hydrogens (tertiary/aromatic N) is 2. The summed E-state index contributed by atoms with van der Waals surface area (Å²) in [5.74, 6) is -3.15. The molecule has 0 N–H and O–H groups in total. The molecule has 1 aliphatic heterocycles. The van der Waals surface area contributed by atoms with Crippen molar-refractivity contribution in [2.75, 3.05) is 24.6 Å². The van der Waals surface area contributed by atoms with E-state index in [9.17, 15) is 23.6 Å². The summed E-state index contributed by atoms with van der Waals surface area (Å²) < 4.78 is 18.3. The summed E-state index contributed by atoms with van der Waals surface area (Å²) in [6, 6.07) is 12.2. The molecule has 29 heavy (non-hydrogen) atoms. The molecule has 0 radical (unpaired) electrons. The highest BCUT2D eigenvalue weighted by atomic mass is 19.1. The molecular weight excluding hydrogens is 379 g/mol. The Kier molecular flexibility index (Phi) is 6.01. The van der Waals surface area contributed by atoms with E-state index in [1.54, 1.807) is 37.3 Å². The van der Waals surface area contributed by atoms with Gasteiger partial charge < -0.3 is 9.64 Å². The molecule has 150 valence electrons. The quantitative estimate of drug-likeness (QED) is 0.526. The van der Waals surface area contributed by atoms with E-state index in [0.29, 0.717) is 17.8 Å². The van der Waals surface area contributed by atoms with Crippen LogP contribution in [0, 0.1) is 5.82 Å². The molecule has 7 nitrogen and oxygen atoms in total. The number of likely N-dealkylation sites (N-methyl/N-ethyl adjacent to an activating group) is 1. The number of ketones is 1. The molecular formula is C21H19FN2O5. The summed E-state index contributed by atoms with van der Waals surface area (Å²) in [5, 5.41) is 0. The van der Waals surface area contributed by atoms with Crippen LogP contribution in [0.1, 0.15) is 22.8 Å². The second kappa shape index (κ2) is 8.64. The van der Waals surface area contributed by atoms with Gasteiger partial charge in [0.15, 0.2) is 6.61 Å². The second-order valence-corrected chi connectivity index (χ2v) is 6.44. The molecule has 1 aliphatic rings. The summed E-state index contributed by atoms with van der Waals surface area (Å²) in [7, 11) is 0. The maximum absolute atomic E-state index is 13.3. The maximum atomic E-state index is 13.3. The summed E-state index contributed by atoms with van der Waals surface area (Å²) in [4.78, 5) is 51.0. The third-order valence-electron chi connectivity index (χ3n) is 4.52. The Balaban J connectivity index is 1.56. The van der Waals surface area contributed by atoms with E-state index < -0.39 is 42.5 Å². The highest BCUT2D eigenvalue weighted by Gasteiger charge is 2.36. The minimum atomic E-state index is -0.809. The summed E-state index contributed by atoms with van der Waals surface area (Å²) in [6.07, 6.45) is 0. The molecule has 0 atom stereocenters. The Morgan fingerprint density at radius 1 is 1.10 bits per heavy atom. The van der Waals surface area contributed by atoms with Crippen molar-refractivity contribution in [2.45, 2.75) is 13.5 Å². The van der Waals surface area contributed by atoms with Crippen LogP contribution in [0.25, 0.3) is 0 Å². The zero-order valence-corrected chi connectivity index (χ0v) is 15.8. The van der Waals surface area contributed by atoms with Gasteiger partial charge in [-0.2, -0.15) is 0 Å². The van der Waals surface area contributed by atoms with Gasteiger partial charge in [-0.3, -0.25) is 24.1 Å². The number of hydrogen-bond donors (Lipinski definition) is 0. The van der Waals surface area contributed by atoms with E-state index in [2.05, 4.69) is 0 Å². The number of carbonyl (C=O) groups excluding carboxylic acids is 4. The molecule has 0 bridgehead atoms. The molecule has 0 aromatic heterocycles. The average Bonchev–Trinajstić information content (AvgIpc) is 2.95. The molecule has 2 amide bonds. The van der Waals surface area contributed by atoms with Gasteiger partial charge in [-0.1, -0.05) is 24.3 Å². The van der Waals surface area contributed by atoms with E-state index in [1.807, 2.05) is 0 Å². The van der Waals surface area contributed by atoms with Gasteiger partial charge in [-0.25, -0.2) is 4.39 Å². The Labute approximate surface area is 166 Å². The van der Waals surface area contributed by atoms with Crippen LogP contribution in [-0.4, -0.2) is 48.2 Å². The fourth-order valence-corrected chi connectivity index (χ4v) is 3.05. The number of fused-ring (bicyclic) bond motifs is 1. The van der Waals surface area contributed by atoms with Crippen LogP contribution in [0.5, 0.6) is 0 Å². The topological polar surface area (TPSA) is 84.0 Å². The number of esters is 1.